The highest BCUT2D eigenvalue weighted by atomic mass is 16.5. The Kier molecular flexibility index (Phi) is 2.67. The molecule has 1 aromatic heterocycles. The topological polar surface area (TPSA) is 52.0 Å². The van der Waals surface area contributed by atoms with Gasteiger partial charge < -0.3 is 10.1 Å². The number of methoxy groups -OCH3 is 1. The van der Waals surface area contributed by atoms with E-state index in [4.69, 9.17) is 4.74 Å². The number of hydrogen-bond donors (Lipinski definition) is 1. The standard InChI is InChI=1S/C12H20N4O/c1-16-9(8-14-15-16)7-13-10-6-11(17-2)12(10)4-3-5-12/h8,10-11,13H,3-7H2,1-2H3/t10-,11-/m0/s1. The summed E-state index contributed by atoms with van der Waals surface area (Å²) in [6.07, 6.45) is 7.41. The van der Waals surface area contributed by atoms with E-state index in [9.17, 15) is 0 Å². The Morgan fingerprint density at radius 2 is 2.41 bits per heavy atom. The summed E-state index contributed by atoms with van der Waals surface area (Å²) in [5.41, 5.74) is 1.57. The van der Waals surface area contributed by atoms with Gasteiger partial charge in [0.15, 0.2) is 0 Å². The molecule has 2 aliphatic carbocycles. The van der Waals surface area contributed by atoms with Gasteiger partial charge in [-0.3, -0.25) is 4.68 Å². The molecule has 2 fully saturated rings. The predicted octanol–water partition coefficient (Wildman–Crippen LogP) is 0.862. The lowest BCUT2D eigenvalue weighted by molar-refractivity contribution is -0.162. The first-order valence-electron chi connectivity index (χ1n) is 6.36. The van der Waals surface area contributed by atoms with E-state index in [0.717, 1.165) is 18.7 Å². The van der Waals surface area contributed by atoms with Crippen molar-refractivity contribution < 1.29 is 4.74 Å². The van der Waals surface area contributed by atoms with Crippen LogP contribution >= 0.6 is 0 Å². The zero-order chi connectivity index (χ0) is 11.9. The van der Waals surface area contributed by atoms with E-state index in [1.165, 1.54) is 19.3 Å². The molecule has 0 saturated heterocycles. The zero-order valence-electron chi connectivity index (χ0n) is 10.5. The average Bonchev–Trinajstić information content (AvgIpc) is 2.61. The van der Waals surface area contributed by atoms with Crippen molar-refractivity contribution in [3.05, 3.63) is 11.9 Å². The Hall–Kier alpha value is -0.940. The van der Waals surface area contributed by atoms with Gasteiger partial charge in [0.1, 0.15) is 0 Å². The van der Waals surface area contributed by atoms with Crippen molar-refractivity contribution in [3.8, 4) is 0 Å². The molecule has 0 aliphatic heterocycles. The van der Waals surface area contributed by atoms with Gasteiger partial charge in [0, 0.05) is 32.2 Å². The van der Waals surface area contributed by atoms with Crippen LogP contribution in [-0.2, 0) is 18.3 Å². The highest BCUT2D eigenvalue weighted by Crippen LogP contribution is 2.57. The van der Waals surface area contributed by atoms with Crippen LogP contribution in [-0.4, -0.2) is 34.2 Å². The molecule has 0 amide bonds. The zero-order valence-corrected chi connectivity index (χ0v) is 10.5. The molecule has 3 rings (SSSR count). The van der Waals surface area contributed by atoms with Crippen molar-refractivity contribution >= 4 is 0 Å². The minimum Gasteiger partial charge on any atom is -0.381 e. The summed E-state index contributed by atoms with van der Waals surface area (Å²) in [6.45, 7) is 0.854. The van der Waals surface area contributed by atoms with Crippen LogP contribution < -0.4 is 5.32 Å². The van der Waals surface area contributed by atoms with E-state index in [0.29, 0.717) is 17.6 Å². The van der Waals surface area contributed by atoms with Crippen LogP contribution in [0.4, 0.5) is 0 Å². The Bertz CT molecular complexity index is 399. The van der Waals surface area contributed by atoms with Crippen LogP contribution in [0.15, 0.2) is 6.20 Å². The summed E-state index contributed by atoms with van der Waals surface area (Å²) in [7, 11) is 3.77. The molecule has 0 bridgehead atoms. The van der Waals surface area contributed by atoms with Crippen molar-refractivity contribution in [2.24, 2.45) is 12.5 Å². The van der Waals surface area contributed by atoms with Crippen molar-refractivity contribution in [2.75, 3.05) is 7.11 Å². The van der Waals surface area contributed by atoms with Gasteiger partial charge in [-0.15, -0.1) is 5.10 Å². The van der Waals surface area contributed by atoms with Crippen LogP contribution in [0.25, 0.3) is 0 Å². The second-order valence-corrected chi connectivity index (χ2v) is 5.33. The molecule has 94 valence electrons. The first-order valence-corrected chi connectivity index (χ1v) is 6.36. The number of rotatable bonds is 4. The first kappa shape index (κ1) is 11.2. The van der Waals surface area contributed by atoms with E-state index >= 15 is 0 Å². The third-order valence-corrected chi connectivity index (χ3v) is 4.69. The Morgan fingerprint density at radius 3 is 2.94 bits per heavy atom. The van der Waals surface area contributed by atoms with Crippen LogP contribution in [0, 0.1) is 5.41 Å². The molecule has 0 aromatic carbocycles. The molecule has 0 radical (unpaired) electrons. The molecular formula is C12H20N4O. The van der Waals surface area contributed by atoms with Crippen LogP contribution in [0.3, 0.4) is 0 Å². The maximum Gasteiger partial charge on any atom is 0.0738 e. The fraction of sp³-hybridized carbons (Fsp3) is 0.833. The minimum atomic E-state index is 0.431. The molecule has 1 spiro atoms. The van der Waals surface area contributed by atoms with Crippen LogP contribution in [0.5, 0.6) is 0 Å². The lowest BCUT2D eigenvalue weighted by Gasteiger charge is -2.61. The Morgan fingerprint density at radius 1 is 1.59 bits per heavy atom. The number of ether oxygens (including phenoxy) is 1. The lowest BCUT2D eigenvalue weighted by atomic mass is 9.51. The fourth-order valence-electron chi connectivity index (χ4n) is 3.32. The molecule has 1 aromatic rings. The van der Waals surface area contributed by atoms with Crippen molar-refractivity contribution in [1.82, 2.24) is 20.3 Å². The van der Waals surface area contributed by atoms with E-state index in [-0.39, 0.29) is 0 Å². The molecule has 2 atom stereocenters. The molecule has 0 unspecified atom stereocenters. The highest BCUT2D eigenvalue weighted by Gasteiger charge is 2.58. The van der Waals surface area contributed by atoms with Gasteiger partial charge >= 0.3 is 0 Å². The van der Waals surface area contributed by atoms with Crippen molar-refractivity contribution in [3.63, 3.8) is 0 Å². The van der Waals surface area contributed by atoms with E-state index in [1.54, 1.807) is 0 Å². The van der Waals surface area contributed by atoms with Crippen molar-refractivity contribution in [1.29, 1.82) is 0 Å². The van der Waals surface area contributed by atoms with Crippen molar-refractivity contribution in [2.45, 2.75) is 44.4 Å². The summed E-state index contributed by atoms with van der Waals surface area (Å²) in [6, 6.07) is 0.608. The average molecular weight is 236 g/mol. The van der Waals surface area contributed by atoms with Gasteiger partial charge in [0.05, 0.1) is 18.0 Å². The van der Waals surface area contributed by atoms with E-state index in [2.05, 4.69) is 15.6 Å². The highest BCUT2D eigenvalue weighted by molar-refractivity contribution is 5.12. The van der Waals surface area contributed by atoms with Gasteiger partial charge in [-0.25, -0.2) is 0 Å². The smallest absolute Gasteiger partial charge is 0.0738 e. The molecule has 2 aliphatic rings. The lowest BCUT2D eigenvalue weighted by Crippen LogP contribution is -2.66. The monoisotopic (exact) mass is 236 g/mol. The summed E-state index contributed by atoms with van der Waals surface area (Å²) in [5, 5.41) is 11.5. The number of hydrogen-bond acceptors (Lipinski definition) is 4. The van der Waals surface area contributed by atoms with Gasteiger partial charge in [-0.1, -0.05) is 11.6 Å². The Balaban J connectivity index is 1.59. The van der Waals surface area contributed by atoms with Crippen LogP contribution in [0.2, 0.25) is 0 Å². The normalized spacial score (nSPS) is 30.0. The third-order valence-electron chi connectivity index (χ3n) is 4.69. The number of nitrogens with one attached hydrogen (secondary N) is 1. The summed E-state index contributed by atoms with van der Waals surface area (Å²) >= 11 is 0. The van der Waals surface area contributed by atoms with Gasteiger partial charge in [0.2, 0.25) is 0 Å². The second kappa shape index (κ2) is 4.07. The Labute approximate surface area is 102 Å². The maximum atomic E-state index is 5.57. The van der Waals surface area contributed by atoms with Gasteiger partial charge in [-0.05, 0) is 19.3 Å². The SMILES string of the molecule is CO[C@H]1C[C@H](NCc2cnnn2C)C12CCC2. The third kappa shape index (κ3) is 1.60. The maximum absolute atomic E-state index is 5.57. The molecule has 17 heavy (non-hydrogen) atoms. The first-order chi connectivity index (χ1) is 8.26. The molecular weight excluding hydrogens is 216 g/mol. The summed E-state index contributed by atoms with van der Waals surface area (Å²) in [5.74, 6) is 0. The van der Waals surface area contributed by atoms with Gasteiger partial charge in [0.25, 0.3) is 0 Å². The van der Waals surface area contributed by atoms with E-state index in [1.807, 2.05) is 25.0 Å². The largest absolute Gasteiger partial charge is 0.381 e. The molecule has 5 heteroatoms. The predicted molar refractivity (Wildman–Crippen MR) is 63.3 cm³/mol. The minimum absolute atomic E-state index is 0.431. The molecule has 1 N–H and O–H groups in total. The number of aromatic nitrogens is 3. The molecule has 5 nitrogen and oxygen atoms in total. The molecule has 2 saturated carbocycles. The number of aryl methyl sites for hydroxylation is 1. The summed E-state index contributed by atoms with van der Waals surface area (Å²) < 4.78 is 7.39. The fourth-order valence-corrected chi connectivity index (χ4v) is 3.32. The second-order valence-electron chi connectivity index (χ2n) is 5.33. The van der Waals surface area contributed by atoms with Gasteiger partial charge in [-0.2, -0.15) is 0 Å². The summed E-state index contributed by atoms with van der Waals surface area (Å²) in [4.78, 5) is 0. The molecule has 1 heterocycles. The quantitative estimate of drug-likeness (QED) is 0.842. The van der Waals surface area contributed by atoms with E-state index < -0.39 is 0 Å². The number of nitrogens with zero attached hydrogens (tertiary/aromatic N) is 3. The van der Waals surface area contributed by atoms with Crippen LogP contribution in [0.1, 0.15) is 31.4 Å².